The predicted octanol–water partition coefficient (Wildman–Crippen LogP) is 3.06. The smallest absolute Gasteiger partial charge is 0.210 e. The van der Waals surface area contributed by atoms with Gasteiger partial charge in [-0.3, -0.25) is 4.79 Å². The third kappa shape index (κ3) is 5.90. The number of rotatable bonds is 8. The Labute approximate surface area is 150 Å². The molecular formula is C16H18ClNO4S2. The van der Waals surface area contributed by atoms with Gasteiger partial charge < -0.3 is 4.74 Å². The first-order valence-electron chi connectivity index (χ1n) is 7.20. The Kier molecular flexibility index (Phi) is 6.40. The summed E-state index contributed by atoms with van der Waals surface area (Å²) in [6, 6.07) is 8.93. The highest BCUT2D eigenvalue weighted by atomic mass is 35.5. The van der Waals surface area contributed by atoms with Crippen molar-refractivity contribution in [2.75, 3.05) is 19.4 Å². The van der Waals surface area contributed by atoms with Crippen LogP contribution in [0.5, 0.6) is 5.75 Å². The zero-order valence-electron chi connectivity index (χ0n) is 13.3. The van der Waals surface area contributed by atoms with Gasteiger partial charge in [0.2, 0.25) is 15.8 Å². The number of halogens is 1. The third-order valence-corrected chi connectivity index (χ3v) is 5.34. The van der Waals surface area contributed by atoms with Gasteiger partial charge in [-0.25, -0.2) is 13.1 Å². The predicted molar refractivity (Wildman–Crippen MR) is 96.9 cm³/mol. The van der Waals surface area contributed by atoms with Gasteiger partial charge in [-0.05, 0) is 43.2 Å². The molecule has 1 N–H and O–H groups in total. The van der Waals surface area contributed by atoms with Crippen molar-refractivity contribution in [2.24, 2.45) is 0 Å². The minimum Gasteiger partial charge on any atom is -0.484 e. The summed E-state index contributed by atoms with van der Waals surface area (Å²) in [7, 11) is -3.20. The van der Waals surface area contributed by atoms with E-state index in [1.165, 1.54) is 11.3 Å². The van der Waals surface area contributed by atoms with Crippen molar-refractivity contribution in [3.63, 3.8) is 0 Å². The number of nitrogens with one attached hydrogen (secondary N) is 1. The summed E-state index contributed by atoms with van der Waals surface area (Å²) in [6.07, 6.45) is 1.65. The van der Waals surface area contributed by atoms with Crippen molar-refractivity contribution >= 4 is 38.7 Å². The maximum Gasteiger partial charge on any atom is 0.210 e. The molecule has 24 heavy (non-hydrogen) atoms. The van der Waals surface area contributed by atoms with Crippen molar-refractivity contribution in [3.8, 4) is 5.75 Å². The molecule has 0 aliphatic heterocycles. The summed E-state index contributed by atoms with van der Waals surface area (Å²) >= 11 is 7.37. The summed E-state index contributed by atoms with van der Waals surface area (Å²) < 4.78 is 30.0. The lowest BCUT2D eigenvalue weighted by molar-refractivity contribution is 0.0925. The number of sulfonamides is 1. The van der Waals surface area contributed by atoms with Gasteiger partial charge >= 0.3 is 0 Å². The molecule has 0 bridgehead atoms. The van der Waals surface area contributed by atoms with Gasteiger partial charge in [0.15, 0.2) is 6.61 Å². The monoisotopic (exact) mass is 387 g/mol. The highest BCUT2D eigenvalue weighted by Crippen LogP contribution is 2.26. The summed E-state index contributed by atoms with van der Waals surface area (Å²) in [5.41, 5.74) is 0.999. The summed E-state index contributed by atoms with van der Waals surface area (Å²) in [5, 5.41) is 0.465. The van der Waals surface area contributed by atoms with Crippen LogP contribution in [0.3, 0.4) is 0 Å². The van der Waals surface area contributed by atoms with E-state index in [1.54, 1.807) is 18.2 Å². The number of thiophene rings is 1. The Balaban J connectivity index is 1.90. The fourth-order valence-electron chi connectivity index (χ4n) is 1.96. The standard InChI is InChI=1S/C16H18ClNO4S2/c1-11-3-5-13(17)15(9-11)22-10-14(19)16-6-4-12(23-16)7-8-18-24(2,20)21/h3-6,9,18H,7-8,10H2,1-2H3. The van der Waals surface area contributed by atoms with Crippen molar-refractivity contribution < 1.29 is 17.9 Å². The molecule has 0 amide bonds. The molecule has 0 fully saturated rings. The maximum absolute atomic E-state index is 12.2. The Morgan fingerprint density at radius 1 is 1.29 bits per heavy atom. The maximum atomic E-state index is 12.2. The fraction of sp³-hybridized carbons (Fsp3) is 0.312. The lowest BCUT2D eigenvalue weighted by atomic mass is 10.2. The fourth-order valence-corrected chi connectivity index (χ4v) is 3.53. The first-order chi connectivity index (χ1) is 11.2. The molecule has 0 saturated carbocycles. The number of hydrogen-bond acceptors (Lipinski definition) is 5. The van der Waals surface area contributed by atoms with Crippen molar-refractivity contribution in [1.29, 1.82) is 0 Å². The summed E-state index contributed by atoms with van der Waals surface area (Å²) in [4.78, 5) is 13.7. The third-order valence-electron chi connectivity index (χ3n) is 3.12. The normalized spacial score (nSPS) is 11.5. The summed E-state index contributed by atoms with van der Waals surface area (Å²) in [6.45, 7) is 2.13. The van der Waals surface area contributed by atoms with E-state index in [0.717, 1.165) is 16.7 Å². The van der Waals surface area contributed by atoms with Crippen molar-refractivity contribution in [3.05, 3.63) is 50.7 Å². The number of carbonyl (C=O) groups is 1. The number of ether oxygens (including phenoxy) is 1. The quantitative estimate of drug-likeness (QED) is 0.706. The van der Waals surface area contributed by atoms with Crippen LogP contribution in [-0.2, 0) is 16.4 Å². The van der Waals surface area contributed by atoms with Crippen LogP contribution in [0, 0.1) is 6.92 Å². The van der Waals surface area contributed by atoms with E-state index >= 15 is 0 Å². The minimum atomic E-state index is -3.20. The molecule has 0 aliphatic rings. The number of hydrogen-bond donors (Lipinski definition) is 1. The van der Waals surface area contributed by atoms with Gasteiger partial charge in [0.25, 0.3) is 0 Å². The second kappa shape index (κ2) is 8.11. The van der Waals surface area contributed by atoms with E-state index in [9.17, 15) is 13.2 Å². The van der Waals surface area contributed by atoms with Crippen LogP contribution in [-0.4, -0.2) is 33.6 Å². The molecule has 0 spiro atoms. The highest BCUT2D eigenvalue weighted by Gasteiger charge is 2.12. The minimum absolute atomic E-state index is 0.0925. The van der Waals surface area contributed by atoms with Gasteiger partial charge in [-0.1, -0.05) is 17.7 Å². The van der Waals surface area contributed by atoms with Crippen LogP contribution in [0.25, 0.3) is 0 Å². The largest absolute Gasteiger partial charge is 0.484 e. The molecule has 8 heteroatoms. The molecule has 1 aromatic heterocycles. The highest BCUT2D eigenvalue weighted by molar-refractivity contribution is 7.88. The molecule has 130 valence electrons. The molecule has 1 aromatic carbocycles. The summed E-state index contributed by atoms with van der Waals surface area (Å²) in [5.74, 6) is 0.346. The molecule has 0 aliphatic carbocycles. The van der Waals surface area contributed by atoms with E-state index < -0.39 is 10.0 Å². The molecule has 0 unspecified atom stereocenters. The Bertz CT molecular complexity index is 830. The van der Waals surface area contributed by atoms with Gasteiger partial charge in [0, 0.05) is 11.4 Å². The number of benzene rings is 1. The lowest BCUT2D eigenvalue weighted by Gasteiger charge is -2.07. The molecule has 2 rings (SSSR count). The zero-order chi connectivity index (χ0) is 17.7. The number of aryl methyl sites for hydroxylation is 1. The number of Topliss-reactive ketones (excluding diaryl/α,β-unsaturated/α-hetero) is 1. The zero-order valence-corrected chi connectivity index (χ0v) is 15.7. The molecule has 5 nitrogen and oxygen atoms in total. The molecule has 0 saturated heterocycles. The van der Waals surface area contributed by atoms with Crippen LogP contribution in [0.4, 0.5) is 0 Å². The molecule has 2 aromatic rings. The first-order valence-corrected chi connectivity index (χ1v) is 10.3. The second-order valence-corrected chi connectivity index (χ2v) is 8.74. The molecular weight excluding hydrogens is 370 g/mol. The second-order valence-electron chi connectivity index (χ2n) is 5.33. The Morgan fingerprint density at radius 3 is 2.75 bits per heavy atom. The van der Waals surface area contributed by atoms with Crippen LogP contribution in [0.2, 0.25) is 5.02 Å². The van der Waals surface area contributed by atoms with Gasteiger partial charge in [0.05, 0.1) is 16.2 Å². The van der Waals surface area contributed by atoms with E-state index in [4.69, 9.17) is 16.3 Å². The van der Waals surface area contributed by atoms with Gasteiger partial charge in [-0.2, -0.15) is 0 Å². The number of carbonyl (C=O) groups excluding carboxylic acids is 1. The lowest BCUT2D eigenvalue weighted by Crippen LogP contribution is -2.24. The topological polar surface area (TPSA) is 72.5 Å². The number of ketones is 1. The molecule has 0 atom stereocenters. The average molecular weight is 388 g/mol. The van der Waals surface area contributed by atoms with E-state index in [0.29, 0.717) is 28.6 Å². The van der Waals surface area contributed by atoms with E-state index in [2.05, 4.69) is 4.72 Å². The van der Waals surface area contributed by atoms with Crippen molar-refractivity contribution in [1.82, 2.24) is 4.72 Å². The van der Waals surface area contributed by atoms with E-state index in [-0.39, 0.29) is 12.4 Å². The van der Waals surface area contributed by atoms with Gasteiger partial charge in [0.1, 0.15) is 5.75 Å². The SMILES string of the molecule is Cc1ccc(Cl)c(OCC(=O)c2ccc(CCNS(C)(=O)=O)s2)c1. The molecule has 0 radical (unpaired) electrons. The van der Waals surface area contributed by atoms with Gasteiger partial charge in [-0.15, -0.1) is 11.3 Å². The Hall–Kier alpha value is -1.41. The van der Waals surface area contributed by atoms with Crippen molar-refractivity contribution in [2.45, 2.75) is 13.3 Å². The first kappa shape index (κ1) is 18.9. The molecule has 1 heterocycles. The van der Waals surface area contributed by atoms with Crippen LogP contribution in [0.15, 0.2) is 30.3 Å². The van der Waals surface area contributed by atoms with Crippen LogP contribution in [0.1, 0.15) is 20.1 Å². The Morgan fingerprint density at radius 2 is 2.04 bits per heavy atom. The van der Waals surface area contributed by atoms with Crippen LogP contribution < -0.4 is 9.46 Å². The van der Waals surface area contributed by atoms with Crippen LogP contribution >= 0.6 is 22.9 Å². The average Bonchev–Trinajstić information content (AvgIpc) is 2.95. The van der Waals surface area contributed by atoms with E-state index in [1.807, 2.05) is 19.1 Å².